The van der Waals surface area contributed by atoms with Crippen LogP contribution in [0.4, 0.5) is 11.4 Å². The van der Waals surface area contributed by atoms with E-state index in [1.165, 1.54) is 24.3 Å². The van der Waals surface area contributed by atoms with Gasteiger partial charge in [0.15, 0.2) is 0 Å². The van der Waals surface area contributed by atoms with Crippen LogP contribution in [0.25, 0.3) is 0 Å². The number of nitro groups is 1. The zero-order valence-corrected chi connectivity index (χ0v) is 9.92. The summed E-state index contributed by atoms with van der Waals surface area (Å²) in [6, 6.07) is 5.78. The molecule has 1 atom stereocenters. The van der Waals surface area contributed by atoms with E-state index < -0.39 is 16.4 Å². The van der Waals surface area contributed by atoms with Crippen LogP contribution in [0.1, 0.15) is 19.8 Å². The average molecular weight is 250 g/mol. The van der Waals surface area contributed by atoms with Gasteiger partial charge in [-0.3, -0.25) is 10.1 Å². The highest BCUT2D eigenvalue weighted by Gasteiger charge is 2.47. The number of hydrogen-bond donors (Lipinski definition) is 2. The Morgan fingerprint density at radius 3 is 2.39 bits per heavy atom. The first-order valence-corrected chi connectivity index (χ1v) is 5.69. The van der Waals surface area contributed by atoms with Gasteiger partial charge in [0.1, 0.15) is 5.54 Å². The van der Waals surface area contributed by atoms with Crippen molar-refractivity contribution in [2.24, 2.45) is 5.92 Å². The predicted octanol–water partition coefficient (Wildman–Crippen LogP) is 2.26. The lowest BCUT2D eigenvalue weighted by Crippen LogP contribution is -2.45. The summed E-state index contributed by atoms with van der Waals surface area (Å²) in [6.07, 6.45) is 1.78. The molecule has 6 nitrogen and oxygen atoms in total. The SMILES string of the molecule is CC(Nc1ccc([N+](=O)[O-])cc1)(C(=O)O)C1CC1. The molecule has 0 aliphatic heterocycles. The van der Waals surface area contributed by atoms with Gasteiger partial charge in [-0.25, -0.2) is 4.79 Å². The lowest BCUT2D eigenvalue weighted by molar-refractivity contribution is -0.384. The van der Waals surface area contributed by atoms with Crippen molar-refractivity contribution in [1.29, 1.82) is 0 Å². The summed E-state index contributed by atoms with van der Waals surface area (Å²) in [5, 5.41) is 22.8. The van der Waals surface area contributed by atoms with Crippen LogP contribution in [0, 0.1) is 16.0 Å². The molecule has 2 N–H and O–H groups in total. The Kier molecular flexibility index (Phi) is 2.94. The van der Waals surface area contributed by atoms with E-state index in [1.54, 1.807) is 6.92 Å². The van der Waals surface area contributed by atoms with Crippen molar-refractivity contribution >= 4 is 17.3 Å². The highest BCUT2D eigenvalue weighted by molar-refractivity contribution is 5.83. The van der Waals surface area contributed by atoms with Crippen LogP contribution < -0.4 is 5.32 Å². The molecule has 1 fully saturated rings. The molecule has 0 saturated heterocycles. The number of benzene rings is 1. The second kappa shape index (κ2) is 4.29. The van der Waals surface area contributed by atoms with Crippen molar-refractivity contribution < 1.29 is 14.8 Å². The second-order valence-corrected chi connectivity index (χ2v) is 4.71. The van der Waals surface area contributed by atoms with E-state index in [9.17, 15) is 20.0 Å². The lowest BCUT2D eigenvalue weighted by atomic mass is 9.95. The third-order valence-corrected chi connectivity index (χ3v) is 3.32. The fourth-order valence-corrected chi connectivity index (χ4v) is 1.96. The first kappa shape index (κ1) is 12.3. The van der Waals surface area contributed by atoms with Crippen molar-refractivity contribution in [2.75, 3.05) is 5.32 Å². The van der Waals surface area contributed by atoms with Crippen molar-refractivity contribution in [1.82, 2.24) is 0 Å². The molecule has 2 rings (SSSR count). The van der Waals surface area contributed by atoms with Crippen molar-refractivity contribution in [2.45, 2.75) is 25.3 Å². The first-order valence-electron chi connectivity index (χ1n) is 5.69. The molecule has 6 heteroatoms. The van der Waals surface area contributed by atoms with E-state index in [1.807, 2.05) is 0 Å². The van der Waals surface area contributed by atoms with Gasteiger partial charge < -0.3 is 10.4 Å². The molecule has 0 radical (unpaired) electrons. The number of aliphatic carboxylic acids is 1. The maximum absolute atomic E-state index is 11.3. The molecular weight excluding hydrogens is 236 g/mol. The van der Waals surface area contributed by atoms with Crippen LogP contribution in [-0.4, -0.2) is 21.5 Å². The van der Waals surface area contributed by atoms with Gasteiger partial charge in [-0.15, -0.1) is 0 Å². The van der Waals surface area contributed by atoms with Crippen LogP contribution in [0.5, 0.6) is 0 Å². The van der Waals surface area contributed by atoms with Crippen molar-refractivity contribution in [3.8, 4) is 0 Å². The molecular formula is C12H14N2O4. The van der Waals surface area contributed by atoms with Crippen LogP contribution in [0.3, 0.4) is 0 Å². The van der Waals surface area contributed by atoms with Gasteiger partial charge >= 0.3 is 5.97 Å². The van der Waals surface area contributed by atoms with E-state index in [0.717, 1.165) is 12.8 Å². The number of anilines is 1. The summed E-state index contributed by atoms with van der Waals surface area (Å²) in [7, 11) is 0. The minimum absolute atomic E-state index is 0.0102. The molecule has 1 aromatic rings. The molecule has 1 aliphatic carbocycles. The maximum Gasteiger partial charge on any atom is 0.329 e. The summed E-state index contributed by atoms with van der Waals surface area (Å²) in [5.41, 5.74) is -0.433. The van der Waals surface area contributed by atoms with E-state index in [2.05, 4.69) is 5.32 Å². The summed E-state index contributed by atoms with van der Waals surface area (Å²) in [4.78, 5) is 21.3. The summed E-state index contributed by atoms with van der Waals surface area (Å²) >= 11 is 0. The summed E-state index contributed by atoms with van der Waals surface area (Å²) < 4.78 is 0. The highest BCUT2D eigenvalue weighted by atomic mass is 16.6. The Balaban J connectivity index is 2.17. The van der Waals surface area contributed by atoms with Crippen LogP contribution in [0.15, 0.2) is 24.3 Å². The zero-order valence-electron chi connectivity index (χ0n) is 9.92. The number of hydrogen-bond acceptors (Lipinski definition) is 4. The molecule has 0 aromatic heterocycles. The highest BCUT2D eigenvalue weighted by Crippen LogP contribution is 2.41. The number of non-ortho nitro benzene ring substituents is 1. The minimum atomic E-state index is -1.00. The fourth-order valence-electron chi connectivity index (χ4n) is 1.96. The number of rotatable bonds is 5. The minimum Gasteiger partial charge on any atom is -0.480 e. The Morgan fingerprint density at radius 2 is 2.00 bits per heavy atom. The Morgan fingerprint density at radius 1 is 1.44 bits per heavy atom. The Labute approximate surface area is 104 Å². The third-order valence-electron chi connectivity index (χ3n) is 3.32. The molecule has 1 aliphatic rings. The van der Waals surface area contributed by atoms with Gasteiger partial charge in [0, 0.05) is 17.8 Å². The molecule has 1 saturated carbocycles. The normalized spacial score (nSPS) is 17.8. The van der Waals surface area contributed by atoms with Gasteiger partial charge in [-0.05, 0) is 37.8 Å². The van der Waals surface area contributed by atoms with Crippen molar-refractivity contribution in [3.63, 3.8) is 0 Å². The van der Waals surface area contributed by atoms with Crippen LogP contribution >= 0.6 is 0 Å². The number of nitrogens with zero attached hydrogens (tertiary/aromatic N) is 1. The van der Waals surface area contributed by atoms with Crippen molar-refractivity contribution in [3.05, 3.63) is 34.4 Å². The smallest absolute Gasteiger partial charge is 0.329 e. The quantitative estimate of drug-likeness (QED) is 0.617. The number of carbonyl (C=O) groups is 1. The van der Waals surface area contributed by atoms with Crippen LogP contribution in [-0.2, 0) is 4.79 Å². The molecule has 18 heavy (non-hydrogen) atoms. The van der Waals surface area contributed by atoms with Gasteiger partial charge in [-0.2, -0.15) is 0 Å². The van der Waals surface area contributed by atoms with Gasteiger partial charge in [0.2, 0.25) is 0 Å². The summed E-state index contributed by atoms with van der Waals surface area (Å²) in [6.45, 7) is 1.65. The molecule has 1 aromatic carbocycles. The fraction of sp³-hybridized carbons (Fsp3) is 0.417. The number of nitro benzene ring substituents is 1. The lowest BCUT2D eigenvalue weighted by Gasteiger charge is -2.27. The van der Waals surface area contributed by atoms with Crippen LogP contribution in [0.2, 0.25) is 0 Å². The molecule has 0 bridgehead atoms. The average Bonchev–Trinajstić information content (AvgIpc) is 3.13. The third kappa shape index (κ3) is 2.27. The summed E-state index contributed by atoms with van der Waals surface area (Å²) in [5.74, 6) is -0.784. The molecule has 0 amide bonds. The Bertz CT molecular complexity index is 481. The van der Waals surface area contributed by atoms with Gasteiger partial charge in [0.25, 0.3) is 5.69 Å². The maximum atomic E-state index is 11.3. The predicted molar refractivity (Wildman–Crippen MR) is 65.5 cm³/mol. The molecule has 1 unspecified atom stereocenters. The topological polar surface area (TPSA) is 92.5 Å². The monoisotopic (exact) mass is 250 g/mol. The molecule has 0 heterocycles. The van der Waals surface area contributed by atoms with Gasteiger partial charge in [-0.1, -0.05) is 0 Å². The number of carboxylic acid groups (broad SMARTS) is 1. The van der Waals surface area contributed by atoms with Gasteiger partial charge in [0.05, 0.1) is 4.92 Å². The number of carboxylic acids is 1. The van der Waals surface area contributed by atoms with E-state index in [0.29, 0.717) is 5.69 Å². The zero-order chi connectivity index (χ0) is 13.3. The Hall–Kier alpha value is -2.11. The molecule has 96 valence electrons. The van der Waals surface area contributed by atoms with E-state index in [-0.39, 0.29) is 11.6 Å². The second-order valence-electron chi connectivity index (χ2n) is 4.71. The molecule has 0 spiro atoms. The first-order chi connectivity index (χ1) is 8.43. The number of nitrogens with one attached hydrogen (secondary N) is 1. The van der Waals surface area contributed by atoms with E-state index in [4.69, 9.17) is 0 Å². The largest absolute Gasteiger partial charge is 0.480 e. The standard InChI is InChI=1S/C12H14N2O4/c1-12(11(15)16,8-2-3-8)13-9-4-6-10(7-5-9)14(17)18/h4-8,13H,2-3H2,1H3,(H,15,16). The van der Waals surface area contributed by atoms with E-state index >= 15 is 0 Å².